The molecule has 1 saturated carbocycles. The number of nitrogens with one attached hydrogen (secondary N) is 1. The molecule has 0 spiro atoms. The molecular formula is C19H27NO3. The smallest absolute Gasteiger partial charge is 0.408 e. The van der Waals surface area contributed by atoms with Gasteiger partial charge in [0.2, 0.25) is 0 Å². The molecule has 1 aromatic rings. The van der Waals surface area contributed by atoms with E-state index in [2.05, 4.69) is 12.2 Å². The molecule has 1 atom stereocenters. The summed E-state index contributed by atoms with van der Waals surface area (Å²) in [5.74, 6) is 0.157. The maximum Gasteiger partial charge on any atom is 0.408 e. The molecule has 1 unspecified atom stereocenters. The van der Waals surface area contributed by atoms with Crippen LogP contribution in [-0.4, -0.2) is 17.5 Å². The van der Waals surface area contributed by atoms with Gasteiger partial charge in [-0.1, -0.05) is 37.6 Å². The van der Waals surface area contributed by atoms with Crippen molar-refractivity contribution < 1.29 is 14.3 Å². The summed E-state index contributed by atoms with van der Waals surface area (Å²) >= 11 is 0. The molecule has 1 fully saturated rings. The zero-order chi connectivity index (χ0) is 17.0. The number of rotatable bonds is 6. The molecule has 126 valence electrons. The van der Waals surface area contributed by atoms with Crippen LogP contribution in [-0.2, 0) is 16.0 Å². The summed E-state index contributed by atoms with van der Waals surface area (Å²) in [5.41, 5.74) is 1.49. The largest absolute Gasteiger partial charge is 0.444 e. The average molecular weight is 317 g/mol. The highest BCUT2D eigenvalue weighted by atomic mass is 16.6. The highest BCUT2D eigenvalue weighted by molar-refractivity contribution is 5.91. The van der Waals surface area contributed by atoms with E-state index in [-0.39, 0.29) is 11.7 Å². The van der Waals surface area contributed by atoms with Crippen LogP contribution in [0.4, 0.5) is 4.79 Å². The van der Waals surface area contributed by atoms with Gasteiger partial charge in [0.25, 0.3) is 0 Å². The summed E-state index contributed by atoms with van der Waals surface area (Å²) in [5, 5.41) is 2.75. The Morgan fingerprint density at radius 1 is 1.22 bits per heavy atom. The normalized spacial score (nSPS) is 15.8. The van der Waals surface area contributed by atoms with Crippen molar-refractivity contribution in [3.63, 3.8) is 0 Å². The van der Waals surface area contributed by atoms with Crippen LogP contribution in [0.2, 0.25) is 0 Å². The maximum absolute atomic E-state index is 12.5. The summed E-state index contributed by atoms with van der Waals surface area (Å²) in [6, 6.07) is 7.32. The standard InChI is InChI=1S/C19H27NO3/c1-5-6-13-7-9-14(10-8-13)16(17(21)15-11-12-15)20-18(22)23-19(2,3)4/h7-10,15-16H,5-6,11-12H2,1-4H3,(H,20,22). The minimum absolute atomic E-state index is 0.0743. The maximum atomic E-state index is 12.5. The van der Waals surface area contributed by atoms with E-state index in [9.17, 15) is 9.59 Å². The second kappa shape index (κ2) is 7.16. The third-order valence-corrected chi connectivity index (χ3v) is 3.78. The van der Waals surface area contributed by atoms with Gasteiger partial charge in [-0.15, -0.1) is 0 Å². The van der Waals surface area contributed by atoms with E-state index in [1.807, 2.05) is 45.0 Å². The zero-order valence-electron chi connectivity index (χ0n) is 14.5. The number of ether oxygens (including phenoxy) is 1. The van der Waals surface area contributed by atoms with Crippen LogP contribution in [0.3, 0.4) is 0 Å². The van der Waals surface area contributed by atoms with Crippen molar-refractivity contribution >= 4 is 11.9 Å². The number of ketones is 1. The molecule has 4 heteroatoms. The molecule has 0 heterocycles. The third-order valence-electron chi connectivity index (χ3n) is 3.78. The lowest BCUT2D eigenvalue weighted by atomic mass is 9.98. The van der Waals surface area contributed by atoms with Gasteiger partial charge >= 0.3 is 6.09 Å². The number of hydrogen-bond donors (Lipinski definition) is 1. The van der Waals surface area contributed by atoms with Gasteiger partial charge in [0, 0.05) is 5.92 Å². The van der Waals surface area contributed by atoms with Crippen LogP contribution >= 0.6 is 0 Å². The van der Waals surface area contributed by atoms with E-state index < -0.39 is 17.7 Å². The minimum Gasteiger partial charge on any atom is -0.444 e. The van der Waals surface area contributed by atoms with E-state index in [4.69, 9.17) is 4.74 Å². The second-order valence-electron chi connectivity index (χ2n) is 7.25. The monoisotopic (exact) mass is 317 g/mol. The van der Waals surface area contributed by atoms with Gasteiger partial charge in [-0.2, -0.15) is 0 Å². The van der Waals surface area contributed by atoms with Crippen LogP contribution in [0.25, 0.3) is 0 Å². The molecular weight excluding hydrogens is 290 g/mol. The lowest BCUT2D eigenvalue weighted by Crippen LogP contribution is -2.38. The summed E-state index contributed by atoms with van der Waals surface area (Å²) < 4.78 is 5.30. The Labute approximate surface area is 138 Å². The molecule has 1 aliphatic rings. The molecule has 1 aromatic carbocycles. The predicted octanol–water partition coefficient (Wildman–Crippen LogP) is 4.18. The topological polar surface area (TPSA) is 55.4 Å². The predicted molar refractivity (Wildman–Crippen MR) is 90.3 cm³/mol. The van der Waals surface area contributed by atoms with Gasteiger partial charge in [-0.05, 0) is 51.2 Å². The van der Waals surface area contributed by atoms with Gasteiger partial charge in [0.05, 0.1) is 0 Å². The zero-order valence-corrected chi connectivity index (χ0v) is 14.5. The van der Waals surface area contributed by atoms with Crippen molar-refractivity contribution in [3.05, 3.63) is 35.4 Å². The molecule has 2 rings (SSSR count). The van der Waals surface area contributed by atoms with Gasteiger partial charge < -0.3 is 10.1 Å². The van der Waals surface area contributed by atoms with E-state index >= 15 is 0 Å². The van der Waals surface area contributed by atoms with E-state index in [1.165, 1.54) is 5.56 Å². The quantitative estimate of drug-likeness (QED) is 0.856. The van der Waals surface area contributed by atoms with E-state index in [0.29, 0.717) is 0 Å². The Bertz CT molecular complexity index is 553. The second-order valence-corrected chi connectivity index (χ2v) is 7.25. The van der Waals surface area contributed by atoms with E-state index in [0.717, 1.165) is 31.2 Å². The Balaban J connectivity index is 2.13. The number of benzene rings is 1. The number of alkyl carbamates (subject to hydrolysis) is 1. The number of carbonyl (C=O) groups is 2. The third kappa shape index (κ3) is 5.38. The van der Waals surface area contributed by atoms with Crippen molar-refractivity contribution in [2.45, 2.75) is 65.0 Å². The highest BCUT2D eigenvalue weighted by Gasteiger charge is 2.36. The first-order chi connectivity index (χ1) is 10.8. The fourth-order valence-electron chi connectivity index (χ4n) is 2.51. The first-order valence-electron chi connectivity index (χ1n) is 8.42. The fraction of sp³-hybridized carbons (Fsp3) is 0.579. The number of amides is 1. The summed E-state index contributed by atoms with van der Waals surface area (Å²) in [7, 11) is 0. The van der Waals surface area contributed by atoms with Gasteiger partial charge in [0.15, 0.2) is 5.78 Å². The Morgan fingerprint density at radius 2 is 1.83 bits per heavy atom. The van der Waals surface area contributed by atoms with E-state index in [1.54, 1.807) is 0 Å². The Kier molecular flexibility index (Phi) is 5.45. The van der Waals surface area contributed by atoms with Crippen molar-refractivity contribution in [2.75, 3.05) is 0 Å². The van der Waals surface area contributed by atoms with Gasteiger partial charge in [0.1, 0.15) is 11.6 Å². The Morgan fingerprint density at radius 3 is 2.30 bits per heavy atom. The number of aryl methyl sites for hydroxylation is 1. The van der Waals surface area contributed by atoms with Gasteiger partial charge in [-0.25, -0.2) is 4.79 Å². The number of hydrogen-bond acceptors (Lipinski definition) is 3. The lowest BCUT2D eigenvalue weighted by Gasteiger charge is -2.23. The van der Waals surface area contributed by atoms with Crippen LogP contribution in [0.5, 0.6) is 0 Å². The van der Waals surface area contributed by atoms with Crippen molar-refractivity contribution in [2.24, 2.45) is 5.92 Å². The van der Waals surface area contributed by atoms with Crippen LogP contribution < -0.4 is 5.32 Å². The summed E-state index contributed by atoms with van der Waals surface area (Å²) in [6.45, 7) is 7.56. The molecule has 1 amide bonds. The van der Waals surface area contributed by atoms with Crippen LogP contribution in [0.1, 0.15) is 64.1 Å². The average Bonchev–Trinajstić information content (AvgIpc) is 3.28. The number of carbonyl (C=O) groups excluding carboxylic acids is 2. The highest BCUT2D eigenvalue weighted by Crippen LogP contribution is 2.35. The first kappa shape index (κ1) is 17.5. The molecule has 4 nitrogen and oxygen atoms in total. The van der Waals surface area contributed by atoms with Crippen molar-refractivity contribution in [3.8, 4) is 0 Å². The Hall–Kier alpha value is -1.84. The molecule has 23 heavy (non-hydrogen) atoms. The minimum atomic E-state index is -0.618. The van der Waals surface area contributed by atoms with Crippen LogP contribution in [0.15, 0.2) is 24.3 Å². The first-order valence-corrected chi connectivity index (χ1v) is 8.42. The summed E-state index contributed by atoms with van der Waals surface area (Å²) in [6.07, 6.45) is 3.38. The molecule has 0 saturated heterocycles. The molecule has 0 bridgehead atoms. The van der Waals surface area contributed by atoms with Crippen LogP contribution in [0, 0.1) is 5.92 Å². The lowest BCUT2D eigenvalue weighted by molar-refractivity contribution is -0.122. The molecule has 0 aromatic heterocycles. The number of Topliss-reactive ketones (excluding diaryl/α,β-unsaturated/α-hetero) is 1. The van der Waals surface area contributed by atoms with Gasteiger partial charge in [-0.3, -0.25) is 4.79 Å². The summed E-state index contributed by atoms with van der Waals surface area (Å²) in [4.78, 5) is 24.6. The van der Waals surface area contributed by atoms with Crippen molar-refractivity contribution in [1.29, 1.82) is 0 Å². The molecule has 1 N–H and O–H groups in total. The van der Waals surface area contributed by atoms with Crippen molar-refractivity contribution in [1.82, 2.24) is 5.32 Å². The molecule has 1 aliphatic carbocycles. The molecule has 0 radical (unpaired) electrons. The SMILES string of the molecule is CCCc1ccc(C(NC(=O)OC(C)(C)C)C(=O)C2CC2)cc1. The molecule has 0 aliphatic heterocycles. The fourth-order valence-corrected chi connectivity index (χ4v) is 2.51.